The molecule has 8 heteroatoms. The Labute approximate surface area is 163 Å². The molecule has 0 amide bonds. The fourth-order valence-electron chi connectivity index (χ4n) is 2.83. The number of nitrogens with zero attached hydrogens (tertiary/aromatic N) is 4. The highest BCUT2D eigenvalue weighted by Gasteiger charge is 2.18. The van der Waals surface area contributed by atoms with E-state index < -0.39 is 0 Å². The predicted octanol–water partition coefficient (Wildman–Crippen LogP) is 2.22. The first-order valence-corrected chi connectivity index (χ1v) is 9.16. The van der Waals surface area contributed by atoms with E-state index >= 15 is 0 Å². The maximum atomic E-state index is 6.26. The van der Waals surface area contributed by atoms with Crippen LogP contribution in [-0.4, -0.2) is 47.4 Å². The zero-order valence-corrected chi connectivity index (χ0v) is 15.9. The van der Waals surface area contributed by atoms with Crippen molar-refractivity contribution in [2.75, 3.05) is 31.1 Å². The molecule has 1 saturated heterocycles. The van der Waals surface area contributed by atoms with E-state index in [4.69, 9.17) is 29.6 Å². The summed E-state index contributed by atoms with van der Waals surface area (Å²) < 4.78 is 0. The summed E-state index contributed by atoms with van der Waals surface area (Å²) in [4.78, 5) is 9.23. The number of halogens is 1. The van der Waals surface area contributed by atoms with Crippen LogP contribution in [0.1, 0.15) is 11.1 Å². The monoisotopic (exact) mass is 388 g/mol. The quantitative estimate of drug-likeness (QED) is 0.465. The van der Waals surface area contributed by atoms with Crippen molar-refractivity contribution < 1.29 is 0 Å². The lowest BCUT2D eigenvalue weighted by molar-refractivity contribution is 0.249. The normalized spacial score (nSPS) is 15.3. The largest absolute Gasteiger partial charge is 0.375 e. The van der Waals surface area contributed by atoms with Gasteiger partial charge >= 0.3 is 0 Å². The number of hydrogen-bond donors (Lipinski definition) is 2. The standard InChI is InChI=1S/C18H21ClN6S/c19-16-4-2-1-3-15(16)13-24-7-9-25(10-8-24)17-6-5-14(11-21-17)12-22-23-18(20)26/h1-6,11-12H,7-10,13H2,(H3,20,23,26). The van der Waals surface area contributed by atoms with Gasteiger partial charge in [0, 0.05) is 49.5 Å². The van der Waals surface area contributed by atoms with E-state index in [0.29, 0.717) is 0 Å². The summed E-state index contributed by atoms with van der Waals surface area (Å²) in [5.74, 6) is 0.974. The molecule has 0 saturated carbocycles. The number of thiocarbonyl (C=S) groups is 1. The number of nitrogens with one attached hydrogen (secondary N) is 1. The molecular weight excluding hydrogens is 368 g/mol. The lowest BCUT2D eigenvalue weighted by Crippen LogP contribution is -2.46. The molecule has 3 rings (SSSR count). The minimum Gasteiger partial charge on any atom is -0.375 e. The number of piperazine rings is 1. The van der Waals surface area contributed by atoms with E-state index in [1.54, 1.807) is 12.4 Å². The van der Waals surface area contributed by atoms with Crippen LogP contribution < -0.4 is 16.1 Å². The van der Waals surface area contributed by atoms with Gasteiger partial charge in [-0.3, -0.25) is 10.3 Å². The van der Waals surface area contributed by atoms with E-state index in [1.165, 1.54) is 5.56 Å². The number of rotatable bonds is 5. The SMILES string of the molecule is NC(=S)NN=Cc1ccc(N2CCN(Cc3ccccc3Cl)CC2)nc1. The lowest BCUT2D eigenvalue weighted by atomic mass is 10.2. The highest BCUT2D eigenvalue weighted by atomic mass is 35.5. The van der Waals surface area contributed by atoms with E-state index in [2.05, 4.69) is 31.4 Å². The number of pyridine rings is 1. The first kappa shape index (κ1) is 18.6. The number of hydrazone groups is 1. The molecule has 0 unspecified atom stereocenters. The van der Waals surface area contributed by atoms with Crippen LogP contribution in [0.25, 0.3) is 0 Å². The third-order valence-electron chi connectivity index (χ3n) is 4.21. The van der Waals surface area contributed by atoms with Crippen molar-refractivity contribution in [1.29, 1.82) is 0 Å². The number of hydrogen-bond acceptors (Lipinski definition) is 5. The van der Waals surface area contributed by atoms with Crippen LogP contribution in [0.15, 0.2) is 47.7 Å². The highest BCUT2D eigenvalue weighted by Crippen LogP contribution is 2.19. The molecule has 0 spiro atoms. The highest BCUT2D eigenvalue weighted by molar-refractivity contribution is 7.80. The molecule has 1 aliphatic rings. The maximum absolute atomic E-state index is 6.26. The van der Waals surface area contributed by atoms with Crippen molar-refractivity contribution in [2.24, 2.45) is 10.8 Å². The minimum absolute atomic E-state index is 0.139. The number of nitrogens with two attached hydrogens (primary N) is 1. The van der Waals surface area contributed by atoms with E-state index in [9.17, 15) is 0 Å². The average molecular weight is 389 g/mol. The van der Waals surface area contributed by atoms with Crippen LogP contribution in [0.3, 0.4) is 0 Å². The molecule has 0 bridgehead atoms. The van der Waals surface area contributed by atoms with E-state index in [1.807, 2.05) is 30.3 Å². The van der Waals surface area contributed by atoms with Gasteiger partial charge < -0.3 is 10.6 Å². The van der Waals surface area contributed by atoms with Crippen LogP contribution in [0.2, 0.25) is 5.02 Å². The Morgan fingerprint density at radius 3 is 2.65 bits per heavy atom. The molecular formula is C18H21ClN6S. The van der Waals surface area contributed by atoms with Crippen LogP contribution in [0.4, 0.5) is 5.82 Å². The van der Waals surface area contributed by atoms with Crippen molar-refractivity contribution in [3.05, 3.63) is 58.7 Å². The Kier molecular flexibility index (Phi) is 6.38. The van der Waals surface area contributed by atoms with Gasteiger partial charge in [0.1, 0.15) is 5.82 Å². The third-order valence-corrected chi connectivity index (χ3v) is 4.67. The third kappa shape index (κ3) is 5.14. The molecule has 136 valence electrons. The number of aromatic nitrogens is 1. The summed E-state index contributed by atoms with van der Waals surface area (Å²) in [5, 5.41) is 4.90. The second-order valence-electron chi connectivity index (χ2n) is 6.04. The van der Waals surface area contributed by atoms with Crippen LogP contribution in [0.5, 0.6) is 0 Å². The zero-order chi connectivity index (χ0) is 18.4. The fourth-order valence-corrected chi connectivity index (χ4v) is 3.08. The second-order valence-corrected chi connectivity index (χ2v) is 6.89. The molecule has 1 fully saturated rings. The van der Waals surface area contributed by atoms with Gasteiger partial charge in [-0.2, -0.15) is 5.10 Å². The molecule has 0 atom stereocenters. The molecule has 3 N–H and O–H groups in total. The van der Waals surface area contributed by atoms with Crippen LogP contribution in [-0.2, 0) is 6.54 Å². The van der Waals surface area contributed by atoms with E-state index in [-0.39, 0.29) is 5.11 Å². The van der Waals surface area contributed by atoms with Crippen molar-refractivity contribution in [3.8, 4) is 0 Å². The fraction of sp³-hybridized carbons (Fsp3) is 0.278. The summed E-state index contributed by atoms with van der Waals surface area (Å²) >= 11 is 11.0. The summed E-state index contributed by atoms with van der Waals surface area (Å²) in [6.45, 7) is 4.72. The Hall–Kier alpha value is -2.22. The first-order chi connectivity index (χ1) is 12.6. The van der Waals surface area contributed by atoms with Gasteiger partial charge in [-0.15, -0.1) is 0 Å². The van der Waals surface area contributed by atoms with Crippen LogP contribution >= 0.6 is 23.8 Å². The van der Waals surface area contributed by atoms with Gasteiger partial charge in [0.25, 0.3) is 0 Å². The predicted molar refractivity (Wildman–Crippen MR) is 111 cm³/mol. The average Bonchev–Trinajstić information content (AvgIpc) is 2.65. The van der Waals surface area contributed by atoms with Gasteiger partial charge in [-0.1, -0.05) is 29.8 Å². The smallest absolute Gasteiger partial charge is 0.184 e. The minimum atomic E-state index is 0.139. The molecule has 2 aromatic rings. The molecule has 1 aromatic carbocycles. The van der Waals surface area contributed by atoms with Gasteiger partial charge in [-0.25, -0.2) is 4.98 Å². The zero-order valence-electron chi connectivity index (χ0n) is 14.3. The van der Waals surface area contributed by atoms with Crippen molar-refractivity contribution >= 4 is 41.0 Å². The Morgan fingerprint density at radius 1 is 1.23 bits per heavy atom. The Balaban J connectivity index is 1.52. The van der Waals surface area contributed by atoms with Crippen molar-refractivity contribution in [2.45, 2.75) is 6.54 Å². The molecule has 1 aromatic heterocycles. The Morgan fingerprint density at radius 2 is 2.00 bits per heavy atom. The van der Waals surface area contributed by atoms with Gasteiger partial charge in [-0.05, 0) is 36.0 Å². The van der Waals surface area contributed by atoms with E-state index in [0.717, 1.165) is 49.1 Å². The van der Waals surface area contributed by atoms with Gasteiger partial charge in [0.2, 0.25) is 0 Å². The molecule has 0 radical (unpaired) electrons. The van der Waals surface area contributed by atoms with Crippen LogP contribution in [0, 0.1) is 0 Å². The molecule has 6 nitrogen and oxygen atoms in total. The summed E-state index contributed by atoms with van der Waals surface area (Å²) in [7, 11) is 0. The second kappa shape index (κ2) is 8.93. The lowest BCUT2D eigenvalue weighted by Gasteiger charge is -2.35. The maximum Gasteiger partial charge on any atom is 0.184 e. The summed E-state index contributed by atoms with van der Waals surface area (Å²) in [5.41, 5.74) is 9.91. The van der Waals surface area contributed by atoms with Gasteiger partial charge in [0.15, 0.2) is 5.11 Å². The topological polar surface area (TPSA) is 69.8 Å². The molecule has 26 heavy (non-hydrogen) atoms. The number of benzene rings is 1. The first-order valence-electron chi connectivity index (χ1n) is 8.37. The van der Waals surface area contributed by atoms with Crippen molar-refractivity contribution in [3.63, 3.8) is 0 Å². The summed E-state index contributed by atoms with van der Waals surface area (Å²) in [6.07, 6.45) is 3.42. The molecule has 0 aliphatic carbocycles. The molecule has 2 heterocycles. The summed E-state index contributed by atoms with van der Waals surface area (Å²) in [6, 6.07) is 12.0. The number of anilines is 1. The Bertz CT molecular complexity index is 772. The molecule has 1 aliphatic heterocycles. The van der Waals surface area contributed by atoms with Gasteiger partial charge in [0.05, 0.1) is 6.21 Å². The van der Waals surface area contributed by atoms with Crippen molar-refractivity contribution in [1.82, 2.24) is 15.3 Å².